The van der Waals surface area contributed by atoms with E-state index in [1.807, 2.05) is 19.1 Å². The molecule has 0 bridgehead atoms. The van der Waals surface area contributed by atoms with Crippen LogP contribution in [0.3, 0.4) is 0 Å². The minimum atomic E-state index is 0.122. The number of nitrogens with zero attached hydrogens (tertiary/aromatic N) is 1. The van der Waals surface area contributed by atoms with E-state index in [2.05, 4.69) is 66.8 Å². The van der Waals surface area contributed by atoms with Crippen LogP contribution in [0.15, 0.2) is 48.2 Å². The Kier molecular flexibility index (Phi) is 9.21. The lowest BCUT2D eigenvalue weighted by Gasteiger charge is -2.36. The Morgan fingerprint density at radius 2 is 2.03 bits per heavy atom. The van der Waals surface area contributed by atoms with Crippen LogP contribution in [0.25, 0.3) is 0 Å². The van der Waals surface area contributed by atoms with E-state index in [1.165, 1.54) is 31.5 Å². The van der Waals surface area contributed by atoms with E-state index >= 15 is 0 Å². The molecule has 1 aromatic carbocycles. The highest BCUT2D eigenvalue weighted by Gasteiger charge is 2.28. The summed E-state index contributed by atoms with van der Waals surface area (Å²) in [6.45, 7) is 12.3. The van der Waals surface area contributed by atoms with Crippen LogP contribution in [-0.4, -0.2) is 37.7 Å². The highest BCUT2D eigenvalue weighted by atomic mass is 16.5. The van der Waals surface area contributed by atoms with Gasteiger partial charge in [-0.05, 0) is 75.4 Å². The Labute approximate surface area is 177 Å². The van der Waals surface area contributed by atoms with Gasteiger partial charge in [0.25, 0.3) is 0 Å². The van der Waals surface area contributed by atoms with Crippen LogP contribution in [0.2, 0.25) is 0 Å². The summed E-state index contributed by atoms with van der Waals surface area (Å²) >= 11 is 0. The van der Waals surface area contributed by atoms with E-state index in [0.717, 1.165) is 24.4 Å². The van der Waals surface area contributed by atoms with E-state index in [1.54, 1.807) is 7.11 Å². The molecule has 0 amide bonds. The van der Waals surface area contributed by atoms with Gasteiger partial charge in [0.2, 0.25) is 0 Å². The third kappa shape index (κ3) is 7.50. The van der Waals surface area contributed by atoms with Gasteiger partial charge in [0, 0.05) is 24.3 Å². The van der Waals surface area contributed by atoms with Crippen molar-refractivity contribution in [2.24, 2.45) is 11.3 Å². The van der Waals surface area contributed by atoms with E-state index < -0.39 is 0 Å². The van der Waals surface area contributed by atoms with E-state index in [9.17, 15) is 0 Å². The molecule has 1 fully saturated rings. The predicted octanol–water partition coefficient (Wildman–Crippen LogP) is 4.15. The standard InChI is InChI=1S/C24H40N4O/c1-19(27-25)11-6-7-14-24(3,4)20(2)26-23(18-28-15-8-9-16-28)21-12-10-13-22(17-21)29-5/h6-7,10-13,17,20,23,26-27H,8-9,14-16,18,25H2,1-5H3/b7-6-,19-11+/t20-,23?/m1/s1. The smallest absolute Gasteiger partial charge is 0.119 e. The molecule has 0 saturated carbocycles. The van der Waals surface area contributed by atoms with Gasteiger partial charge in [-0.2, -0.15) is 0 Å². The number of likely N-dealkylation sites (tertiary alicyclic amines) is 1. The number of nitrogens with one attached hydrogen (secondary N) is 2. The number of ether oxygens (including phenoxy) is 1. The normalized spacial score (nSPS) is 18.2. The van der Waals surface area contributed by atoms with E-state index in [0.29, 0.717) is 6.04 Å². The Morgan fingerprint density at radius 1 is 1.31 bits per heavy atom. The number of methoxy groups -OCH3 is 1. The summed E-state index contributed by atoms with van der Waals surface area (Å²) in [6.07, 6.45) is 9.90. The van der Waals surface area contributed by atoms with Crippen molar-refractivity contribution in [3.05, 3.63) is 53.8 Å². The molecular weight excluding hydrogens is 360 g/mol. The summed E-state index contributed by atoms with van der Waals surface area (Å²) in [4.78, 5) is 2.57. The summed E-state index contributed by atoms with van der Waals surface area (Å²) in [5, 5.41) is 3.93. The fraction of sp³-hybridized carbons (Fsp3) is 0.583. The second-order valence-electron chi connectivity index (χ2n) is 8.84. The molecule has 1 aromatic rings. The maximum Gasteiger partial charge on any atom is 0.119 e. The molecule has 1 aliphatic rings. The number of hydrogen-bond acceptors (Lipinski definition) is 5. The Hall–Kier alpha value is -1.82. The first-order valence-corrected chi connectivity index (χ1v) is 10.8. The Bertz CT molecular complexity index is 677. The van der Waals surface area contributed by atoms with Crippen LogP contribution in [-0.2, 0) is 0 Å². The van der Waals surface area contributed by atoms with Gasteiger partial charge in [0.1, 0.15) is 5.75 Å². The van der Waals surface area contributed by atoms with E-state index in [-0.39, 0.29) is 11.5 Å². The van der Waals surface area contributed by atoms with Gasteiger partial charge in [0.05, 0.1) is 7.11 Å². The molecule has 162 valence electrons. The molecule has 4 N–H and O–H groups in total. The van der Waals surface area contributed by atoms with Crippen molar-refractivity contribution in [2.75, 3.05) is 26.7 Å². The van der Waals surface area contributed by atoms with Gasteiger partial charge >= 0.3 is 0 Å². The first-order valence-electron chi connectivity index (χ1n) is 10.8. The average molecular weight is 401 g/mol. The van der Waals surface area contributed by atoms with Crippen LogP contribution in [0.4, 0.5) is 0 Å². The number of hydrogen-bond donors (Lipinski definition) is 3. The number of benzene rings is 1. The fourth-order valence-corrected chi connectivity index (χ4v) is 3.67. The van der Waals surface area contributed by atoms with Gasteiger partial charge in [-0.25, -0.2) is 0 Å². The molecule has 2 rings (SSSR count). The van der Waals surface area contributed by atoms with Crippen LogP contribution >= 0.6 is 0 Å². The first-order chi connectivity index (χ1) is 13.9. The highest BCUT2D eigenvalue weighted by molar-refractivity contribution is 5.31. The predicted molar refractivity (Wildman–Crippen MR) is 123 cm³/mol. The zero-order valence-corrected chi connectivity index (χ0v) is 18.9. The quantitative estimate of drug-likeness (QED) is 0.296. The second-order valence-corrected chi connectivity index (χ2v) is 8.84. The van der Waals surface area contributed by atoms with Gasteiger partial charge in [-0.1, -0.05) is 38.1 Å². The molecule has 0 spiro atoms. The summed E-state index contributed by atoms with van der Waals surface area (Å²) in [7, 11) is 1.73. The molecule has 1 aliphatic heterocycles. The number of hydrazine groups is 1. The van der Waals surface area contributed by atoms with Crippen molar-refractivity contribution in [1.29, 1.82) is 0 Å². The van der Waals surface area contributed by atoms with Crippen LogP contribution in [0.1, 0.15) is 58.6 Å². The lowest BCUT2D eigenvalue weighted by atomic mass is 9.81. The molecule has 2 atom stereocenters. The number of rotatable bonds is 11. The van der Waals surface area contributed by atoms with Gasteiger partial charge in [-0.3, -0.25) is 5.84 Å². The van der Waals surface area contributed by atoms with Crippen molar-refractivity contribution in [2.45, 2.75) is 59.0 Å². The Balaban J connectivity index is 2.09. The summed E-state index contributed by atoms with van der Waals surface area (Å²) < 4.78 is 5.47. The molecule has 0 aromatic heterocycles. The molecule has 0 aliphatic carbocycles. The van der Waals surface area contributed by atoms with Crippen LogP contribution in [0.5, 0.6) is 5.75 Å². The minimum Gasteiger partial charge on any atom is -0.497 e. The number of nitrogens with two attached hydrogens (primary N) is 1. The number of allylic oxidation sites excluding steroid dienone is 4. The lowest BCUT2D eigenvalue weighted by Crippen LogP contribution is -2.44. The topological polar surface area (TPSA) is 62.5 Å². The monoisotopic (exact) mass is 400 g/mol. The van der Waals surface area contributed by atoms with E-state index in [4.69, 9.17) is 10.6 Å². The molecule has 1 saturated heterocycles. The van der Waals surface area contributed by atoms with Gasteiger partial charge in [0.15, 0.2) is 0 Å². The maximum absolute atomic E-state index is 5.47. The largest absolute Gasteiger partial charge is 0.497 e. The van der Waals surface area contributed by atoms with Crippen molar-refractivity contribution >= 4 is 0 Å². The highest BCUT2D eigenvalue weighted by Crippen LogP contribution is 2.29. The van der Waals surface area contributed by atoms with Crippen LogP contribution < -0.4 is 21.3 Å². The van der Waals surface area contributed by atoms with Crippen molar-refractivity contribution < 1.29 is 4.74 Å². The third-order valence-electron chi connectivity index (χ3n) is 6.11. The molecule has 5 heteroatoms. The molecule has 5 nitrogen and oxygen atoms in total. The average Bonchev–Trinajstić information content (AvgIpc) is 3.23. The van der Waals surface area contributed by atoms with Gasteiger partial charge in [-0.15, -0.1) is 0 Å². The van der Waals surface area contributed by atoms with Crippen molar-refractivity contribution in [1.82, 2.24) is 15.6 Å². The van der Waals surface area contributed by atoms with Crippen molar-refractivity contribution in [3.63, 3.8) is 0 Å². The Morgan fingerprint density at radius 3 is 2.69 bits per heavy atom. The summed E-state index contributed by atoms with van der Waals surface area (Å²) in [5.41, 5.74) is 5.02. The maximum atomic E-state index is 5.47. The SMILES string of the molecule is COc1cccc(C(CN2CCCC2)N[C@H](C)C(C)(C)C/C=C\C=C(/C)NN)c1. The zero-order chi connectivity index (χ0) is 21.3. The third-order valence-corrected chi connectivity index (χ3v) is 6.11. The van der Waals surface area contributed by atoms with Gasteiger partial charge < -0.3 is 20.4 Å². The molecule has 29 heavy (non-hydrogen) atoms. The molecule has 1 unspecified atom stereocenters. The summed E-state index contributed by atoms with van der Waals surface area (Å²) in [5.74, 6) is 6.33. The summed E-state index contributed by atoms with van der Waals surface area (Å²) in [6, 6.07) is 9.12. The first kappa shape index (κ1) is 23.5. The second kappa shape index (κ2) is 11.4. The molecular formula is C24H40N4O. The van der Waals surface area contributed by atoms with Crippen LogP contribution in [0, 0.1) is 5.41 Å². The lowest BCUT2D eigenvalue weighted by molar-refractivity contribution is 0.211. The molecule has 1 heterocycles. The van der Waals surface area contributed by atoms with Crippen molar-refractivity contribution in [3.8, 4) is 5.75 Å². The zero-order valence-electron chi connectivity index (χ0n) is 18.9. The fourth-order valence-electron chi connectivity index (χ4n) is 3.67. The minimum absolute atomic E-state index is 0.122. The molecule has 0 radical (unpaired) electrons.